The number of hydrogen-bond acceptors (Lipinski definition) is 2. The molecule has 13 heavy (non-hydrogen) atoms. The summed E-state index contributed by atoms with van der Waals surface area (Å²) >= 11 is 0. The van der Waals surface area contributed by atoms with Gasteiger partial charge < -0.3 is 5.32 Å². The molecule has 2 nitrogen and oxygen atoms in total. The van der Waals surface area contributed by atoms with Gasteiger partial charge in [-0.05, 0) is 25.3 Å². The van der Waals surface area contributed by atoms with Gasteiger partial charge in [0.25, 0.3) is 0 Å². The number of nitrogens with one attached hydrogen (secondary N) is 1. The van der Waals surface area contributed by atoms with E-state index in [2.05, 4.69) is 37.9 Å². The minimum atomic E-state index is 0.701. The van der Waals surface area contributed by atoms with Crippen LogP contribution in [0.3, 0.4) is 0 Å². The monoisotopic (exact) mass is 184 g/mol. The summed E-state index contributed by atoms with van der Waals surface area (Å²) in [5.41, 5.74) is 0. The van der Waals surface area contributed by atoms with Crippen molar-refractivity contribution in [2.24, 2.45) is 11.8 Å². The largest absolute Gasteiger partial charge is 0.315 e. The number of rotatable bonds is 2. The van der Waals surface area contributed by atoms with Crippen LogP contribution >= 0.6 is 0 Å². The Balaban J connectivity index is 2.46. The Morgan fingerprint density at radius 3 is 2.62 bits per heavy atom. The smallest absolute Gasteiger partial charge is 0.0192 e. The van der Waals surface area contributed by atoms with Crippen LogP contribution in [-0.4, -0.2) is 37.1 Å². The van der Waals surface area contributed by atoms with Gasteiger partial charge in [0.15, 0.2) is 0 Å². The maximum atomic E-state index is 3.51. The standard InChI is InChI=1S/C11H24N2/c1-9(2)7-13-8-10(3)5-12-6-11(13)4/h9-12H,5-8H2,1-4H3. The lowest BCUT2D eigenvalue weighted by atomic mass is 10.1. The lowest BCUT2D eigenvalue weighted by Gasteiger charge is -2.29. The van der Waals surface area contributed by atoms with E-state index in [0.29, 0.717) is 6.04 Å². The zero-order valence-corrected chi connectivity index (χ0v) is 9.51. The summed E-state index contributed by atoms with van der Waals surface area (Å²) in [5, 5.41) is 3.51. The first-order valence-corrected chi connectivity index (χ1v) is 5.54. The summed E-state index contributed by atoms with van der Waals surface area (Å²) in [6, 6.07) is 0.701. The summed E-state index contributed by atoms with van der Waals surface area (Å²) in [6.07, 6.45) is 0. The molecule has 78 valence electrons. The van der Waals surface area contributed by atoms with E-state index in [1.165, 1.54) is 19.6 Å². The highest BCUT2D eigenvalue weighted by Gasteiger charge is 2.20. The second-order valence-electron chi connectivity index (χ2n) is 4.96. The lowest BCUT2D eigenvalue weighted by Crippen LogP contribution is -2.40. The fourth-order valence-electron chi connectivity index (χ4n) is 2.04. The first-order chi connectivity index (χ1) is 6.09. The third kappa shape index (κ3) is 3.65. The molecule has 1 fully saturated rings. The molecular formula is C11H24N2. The fourth-order valence-corrected chi connectivity index (χ4v) is 2.04. The molecule has 0 aromatic heterocycles. The van der Waals surface area contributed by atoms with Crippen molar-refractivity contribution in [3.05, 3.63) is 0 Å². The van der Waals surface area contributed by atoms with Crippen molar-refractivity contribution >= 4 is 0 Å². The molecule has 1 heterocycles. The Hall–Kier alpha value is -0.0800. The molecule has 2 unspecified atom stereocenters. The number of nitrogens with zero attached hydrogens (tertiary/aromatic N) is 1. The van der Waals surface area contributed by atoms with E-state index in [9.17, 15) is 0 Å². The molecule has 1 saturated heterocycles. The van der Waals surface area contributed by atoms with Crippen LogP contribution in [0.1, 0.15) is 27.7 Å². The summed E-state index contributed by atoms with van der Waals surface area (Å²) in [5.74, 6) is 1.58. The lowest BCUT2D eigenvalue weighted by molar-refractivity contribution is 0.182. The van der Waals surface area contributed by atoms with Crippen LogP contribution in [0.25, 0.3) is 0 Å². The van der Waals surface area contributed by atoms with Crippen molar-refractivity contribution in [3.8, 4) is 0 Å². The van der Waals surface area contributed by atoms with Crippen LogP contribution in [0.2, 0.25) is 0 Å². The molecule has 0 aromatic carbocycles. The molecule has 1 N–H and O–H groups in total. The Morgan fingerprint density at radius 2 is 2.00 bits per heavy atom. The minimum Gasteiger partial charge on any atom is -0.315 e. The van der Waals surface area contributed by atoms with Gasteiger partial charge in [0.05, 0.1) is 0 Å². The van der Waals surface area contributed by atoms with Crippen molar-refractivity contribution in [2.75, 3.05) is 26.2 Å². The van der Waals surface area contributed by atoms with E-state index in [4.69, 9.17) is 0 Å². The van der Waals surface area contributed by atoms with Gasteiger partial charge in [0.2, 0.25) is 0 Å². The molecule has 0 aromatic rings. The van der Waals surface area contributed by atoms with Gasteiger partial charge in [0.1, 0.15) is 0 Å². The van der Waals surface area contributed by atoms with Gasteiger partial charge in [-0.2, -0.15) is 0 Å². The van der Waals surface area contributed by atoms with Crippen LogP contribution in [-0.2, 0) is 0 Å². The van der Waals surface area contributed by atoms with Crippen molar-refractivity contribution < 1.29 is 0 Å². The molecule has 2 atom stereocenters. The van der Waals surface area contributed by atoms with Gasteiger partial charge in [0, 0.05) is 25.7 Å². The Bertz CT molecular complexity index is 145. The zero-order chi connectivity index (χ0) is 9.84. The van der Waals surface area contributed by atoms with Crippen LogP contribution in [0.15, 0.2) is 0 Å². The Labute approximate surface area is 82.7 Å². The molecule has 2 heteroatoms. The third-order valence-corrected chi connectivity index (χ3v) is 2.70. The quantitative estimate of drug-likeness (QED) is 0.701. The second-order valence-corrected chi connectivity index (χ2v) is 4.96. The topological polar surface area (TPSA) is 15.3 Å². The van der Waals surface area contributed by atoms with Crippen molar-refractivity contribution in [1.82, 2.24) is 10.2 Å². The molecule has 0 aliphatic carbocycles. The van der Waals surface area contributed by atoms with E-state index in [1.54, 1.807) is 0 Å². The molecule has 0 amide bonds. The highest BCUT2D eigenvalue weighted by atomic mass is 15.2. The normalized spacial score (nSPS) is 32.1. The van der Waals surface area contributed by atoms with E-state index >= 15 is 0 Å². The van der Waals surface area contributed by atoms with Crippen LogP contribution in [0, 0.1) is 11.8 Å². The van der Waals surface area contributed by atoms with Gasteiger partial charge in [-0.1, -0.05) is 20.8 Å². The van der Waals surface area contributed by atoms with Crippen LogP contribution < -0.4 is 5.32 Å². The summed E-state index contributed by atoms with van der Waals surface area (Å²) in [7, 11) is 0. The van der Waals surface area contributed by atoms with Crippen LogP contribution in [0.4, 0.5) is 0 Å². The SMILES string of the molecule is CC(C)CN1CC(C)CNCC1C. The van der Waals surface area contributed by atoms with E-state index in [0.717, 1.165) is 18.4 Å². The summed E-state index contributed by atoms with van der Waals surface area (Å²) in [6.45, 7) is 14.1. The van der Waals surface area contributed by atoms with Gasteiger partial charge >= 0.3 is 0 Å². The predicted molar refractivity (Wildman–Crippen MR) is 57.9 cm³/mol. The summed E-state index contributed by atoms with van der Waals surface area (Å²) < 4.78 is 0. The molecule has 0 spiro atoms. The first kappa shape index (κ1) is 11.0. The van der Waals surface area contributed by atoms with E-state index < -0.39 is 0 Å². The Morgan fingerprint density at radius 1 is 1.31 bits per heavy atom. The van der Waals surface area contributed by atoms with E-state index in [1.807, 2.05) is 0 Å². The highest BCUT2D eigenvalue weighted by Crippen LogP contribution is 2.10. The summed E-state index contributed by atoms with van der Waals surface area (Å²) in [4.78, 5) is 2.62. The second kappa shape index (κ2) is 4.97. The molecule has 0 bridgehead atoms. The third-order valence-electron chi connectivity index (χ3n) is 2.70. The molecule has 0 saturated carbocycles. The molecule has 1 aliphatic rings. The van der Waals surface area contributed by atoms with Crippen molar-refractivity contribution in [2.45, 2.75) is 33.7 Å². The Kier molecular flexibility index (Phi) is 4.20. The molecular weight excluding hydrogens is 160 g/mol. The molecule has 0 radical (unpaired) electrons. The average Bonchev–Trinajstić information content (AvgIpc) is 2.14. The fraction of sp³-hybridized carbons (Fsp3) is 1.00. The van der Waals surface area contributed by atoms with Crippen molar-refractivity contribution in [1.29, 1.82) is 0 Å². The first-order valence-electron chi connectivity index (χ1n) is 5.54. The van der Waals surface area contributed by atoms with Crippen molar-refractivity contribution in [3.63, 3.8) is 0 Å². The minimum absolute atomic E-state index is 0.701. The zero-order valence-electron chi connectivity index (χ0n) is 9.51. The number of hydrogen-bond donors (Lipinski definition) is 1. The maximum Gasteiger partial charge on any atom is 0.0192 e. The molecule has 1 rings (SSSR count). The van der Waals surface area contributed by atoms with Gasteiger partial charge in [-0.15, -0.1) is 0 Å². The van der Waals surface area contributed by atoms with Gasteiger partial charge in [-0.25, -0.2) is 0 Å². The van der Waals surface area contributed by atoms with Gasteiger partial charge in [-0.3, -0.25) is 4.90 Å². The maximum absolute atomic E-state index is 3.51. The highest BCUT2D eigenvalue weighted by molar-refractivity contribution is 4.77. The molecule has 1 aliphatic heterocycles. The van der Waals surface area contributed by atoms with Crippen LogP contribution in [0.5, 0.6) is 0 Å². The predicted octanol–water partition coefficient (Wildman–Crippen LogP) is 1.57. The van der Waals surface area contributed by atoms with E-state index in [-0.39, 0.29) is 0 Å². The average molecular weight is 184 g/mol.